The number of hydrogen-bond acceptors (Lipinski definition) is 7. The number of carbonyl (C=O) groups is 1. The van der Waals surface area contributed by atoms with Crippen molar-refractivity contribution in [1.82, 2.24) is 9.55 Å². The minimum absolute atomic E-state index is 0.0409. The Morgan fingerprint density at radius 2 is 2.11 bits per heavy atom. The molecule has 28 heavy (non-hydrogen) atoms. The summed E-state index contributed by atoms with van der Waals surface area (Å²) < 4.78 is 1.49. The number of thioether (sulfide) groups is 1. The van der Waals surface area contributed by atoms with E-state index in [-0.39, 0.29) is 22.9 Å². The second kappa shape index (κ2) is 8.36. The molecule has 3 rings (SSSR count). The van der Waals surface area contributed by atoms with Crippen LogP contribution in [-0.4, -0.2) is 33.2 Å². The van der Waals surface area contributed by atoms with Crippen molar-refractivity contribution in [3.8, 4) is 0 Å². The molecule has 0 aliphatic carbocycles. The van der Waals surface area contributed by atoms with Gasteiger partial charge in [-0.1, -0.05) is 17.8 Å². The normalized spacial score (nSPS) is 10.8. The van der Waals surface area contributed by atoms with Gasteiger partial charge in [0, 0.05) is 31.4 Å². The fourth-order valence-electron chi connectivity index (χ4n) is 2.50. The van der Waals surface area contributed by atoms with E-state index in [0.29, 0.717) is 27.6 Å². The predicted molar refractivity (Wildman–Crippen MR) is 111 cm³/mol. The van der Waals surface area contributed by atoms with Crippen LogP contribution in [0, 0.1) is 10.1 Å². The largest absolute Gasteiger partial charge is 0.315 e. The lowest BCUT2D eigenvalue weighted by atomic mass is 10.2. The second-order valence-corrected chi connectivity index (χ2v) is 7.59. The minimum Gasteiger partial charge on any atom is -0.315 e. The summed E-state index contributed by atoms with van der Waals surface area (Å²) in [5.41, 5.74) is 0.340. The number of thiophene rings is 1. The summed E-state index contributed by atoms with van der Waals surface area (Å²) in [6.45, 7) is 3.97. The summed E-state index contributed by atoms with van der Waals surface area (Å²) in [6, 6.07) is 7.46. The third-order valence-corrected chi connectivity index (χ3v) is 5.77. The number of amides is 1. The zero-order valence-corrected chi connectivity index (χ0v) is 16.5. The molecule has 0 N–H and O–H groups in total. The molecule has 0 atom stereocenters. The van der Waals surface area contributed by atoms with E-state index >= 15 is 0 Å². The van der Waals surface area contributed by atoms with Gasteiger partial charge in [-0.3, -0.25) is 24.3 Å². The van der Waals surface area contributed by atoms with Crippen LogP contribution in [0.1, 0.15) is 0 Å². The average molecular weight is 416 g/mol. The van der Waals surface area contributed by atoms with Gasteiger partial charge in [-0.2, -0.15) is 0 Å². The van der Waals surface area contributed by atoms with Gasteiger partial charge in [0.25, 0.3) is 11.2 Å². The SMILES string of the molecule is C=CCn1c(SCC(=O)N(C)c2ccc([N+](=O)[O-])cc2)nc2sccc2c1=O. The van der Waals surface area contributed by atoms with E-state index in [9.17, 15) is 19.7 Å². The lowest BCUT2D eigenvalue weighted by Crippen LogP contribution is -2.28. The van der Waals surface area contributed by atoms with Crippen molar-refractivity contribution in [1.29, 1.82) is 0 Å². The molecule has 2 heterocycles. The number of nitro benzene ring substituents is 1. The number of benzene rings is 1. The van der Waals surface area contributed by atoms with E-state index in [0.717, 1.165) is 0 Å². The van der Waals surface area contributed by atoms with E-state index in [1.54, 1.807) is 24.6 Å². The monoisotopic (exact) mass is 416 g/mol. The van der Waals surface area contributed by atoms with Gasteiger partial charge in [0.05, 0.1) is 16.1 Å². The van der Waals surface area contributed by atoms with Crippen LogP contribution in [0.25, 0.3) is 10.2 Å². The molecule has 2 aromatic heterocycles. The van der Waals surface area contributed by atoms with Gasteiger partial charge < -0.3 is 4.90 Å². The average Bonchev–Trinajstić information content (AvgIpc) is 3.17. The van der Waals surface area contributed by atoms with E-state index in [1.165, 1.54) is 56.8 Å². The van der Waals surface area contributed by atoms with Gasteiger partial charge in [-0.05, 0) is 23.6 Å². The van der Waals surface area contributed by atoms with Crippen LogP contribution in [0.2, 0.25) is 0 Å². The lowest BCUT2D eigenvalue weighted by molar-refractivity contribution is -0.384. The van der Waals surface area contributed by atoms with Crippen LogP contribution in [0.5, 0.6) is 0 Å². The highest BCUT2D eigenvalue weighted by molar-refractivity contribution is 7.99. The zero-order valence-electron chi connectivity index (χ0n) is 14.9. The molecule has 0 spiro atoms. The Hall–Kier alpha value is -2.98. The molecule has 0 saturated heterocycles. The molecule has 1 aromatic carbocycles. The van der Waals surface area contributed by atoms with Crippen LogP contribution < -0.4 is 10.5 Å². The molecular weight excluding hydrogens is 400 g/mol. The maximum absolute atomic E-state index is 12.6. The van der Waals surface area contributed by atoms with E-state index < -0.39 is 4.92 Å². The topological polar surface area (TPSA) is 98.3 Å². The highest BCUT2D eigenvalue weighted by Crippen LogP contribution is 2.23. The van der Waals surface area contributed by atoms with Crippen LogP contribution in [0.15, 0.2) is 58.3 Å². The number of fused-ring (bicyclic) bond motifs is 1. The molecule has 0 aliphatic rings. The quantitative estimate of drug-likeness (QED) is 0.193. The fraction of sp³-hybridized carbons (Fsp3) is 0.167. The van der Waals surface area contributed by atoms with Crippen molar-refractivity contribution in [3.63, 3.8) is 0 Å². The Bertz CT molecular complexity index is 1100. The summed E-state index contributed by atoms with van der Waals surface area (Å²) in [5, 5.41) is 13.5. The highest BCUT2D eigenvalue weighted by atomic mass is 32.2. The standard InChI is InChI=1S/C18H16N4O4S2/c1-3-9-21-17(24)14-8-10-27-16(14)19-18(21)28-11-15(23)20(2)12-4-6-13(7-5-12)22(25)26/h3-8,10H,1,9,11H2,2H3. The number of nitro groups is 1. The van der Waals surface area contributed by atoms with Crippen molar-refractivity contribution in [3.05, 3.63) is 68.8 Å². The van der Waals surface area contributed by atoms with Crippen molar-refractivity contribution >= 4 is 50.6 Å². The number of non-ortho nitro benzene ring substituents is 1. The first kappa shape index (κ1) is 19.8. The first-order valence-corrected chi connectivity index (χ1v) is 10.0. The molecule has 3 aromatic rings. The Balaban J connectivity index is 1.78. The molecule has 0 saturated carbocycles. The van der Waals surface area contributed by atoms with Gasteiger partial charge in [0.15, 0.2) is 5.16 Å². The van der Waals surface area contributed by atoms with Gasteiger partial charge in [-0.15, -0.1) is 17.9 Å². The van der Waals surface area contributed by atoms with Crippen molar-refractivity contribution in [2.45, 2.75) is 11.7 Å². The maximum Gasteiger partial charge on any atom is 0.269 e. The fourth-order valence-corrected chi connectivity index (χ4v) is 4.22. The molecule has 0 aliphatic heterocycles. The Morgan fingerprint density at radius 1 is 1.39 bits per heavy atom. The van der Waals surface area contributed by atoms with Crippen molar-refractivity contribution < 1.29 is 9.72 Å². The number of allylic oxidation sites excluding steroid dienone is 1. The second-order valence-electron chi connectivity index (χ2n) is 5.75. The summed E-state index contributed by atoms with van der Waals surface area (Å²) in [7, 11) is 1.59. The highest BCUT2D eigenvalue weighted by Gasteiger charge is 2.17. The number of aromatic nitrogens is 2. The van der Waals surface area contributed by atoms with Crippen molar-refractivity contribution in [2.75, 3.05) is 17.7 Å². The summed E-state index contributed by atoms with van der Waals surface area (Å²) in [4.78, 5) is 41.9. The van der Waals surface area contributed by atoms with Gasteiger partial charge >= 0.3 is 0 Å². The van der Waals surface area contributed by atoms with Crippen molar-refractivity contribution in [2.24, 2.45) is 0 Å². The number of rotatable bonds is 7. The lowest BCUT2D eigenvalue weighted by Gasteiger charge is -2.17. The van der Waals surface area contributed by atoms with Crippen LogP contribution in [-0.2, 0) is 11.3 Å². The minimum atomic E-state index is -0.493. The molecule has 0 bridgehead atoms. The Morgan fingerprint density at radius 3 is 2.75 bits per heavy atom. The van der Waals surface area contributed by atoms with Gasteiger partial charge in [0.1, 0.15) is 4.83 Å². The van der Waals surface area contributed by atoms with Gasteiger partial charge in [0.2, 0.25) is 5.91 Å². The Kier molecular flexibility index (Phi) is 5.90. The molecule has 144 valence electrons. The number of hydrogen-bond donors (Lipinski definition) is 0. The predicted octanol–water partition coefficient (Wildman–Crippen LogP) is 3.31. The van der Waals surface area contributed by atoms with Crippen LogP contribution in [0.3, 0.4) is 0 Å². The molecule has 0 radical (unpaired) electrons. The van der Waals surface area contributed by atoms with E-state index in [2.05, 4.69) is 11.6 Å². The van der Waals surface area contributed by atoms with Crippen LogP contribution in [0.4, 0.5) is 11.4 Å². The summed E-state index contributed by atoms with van der Waals surface area (Å²) >= 11 is 2.54. The van der Waals surface area contributed by atoms with Gasteiger partial charge in [-0.25, -0.2) is 4.98 Å². The first-order valence-electron chi connectivity index (χ1n) is 8.15. The molecule has 1 amide bonds. The summed E-state index contributed by atoms with van der Waals surface area (Å²) in [5.74, 6) is -0.155. The molecule has 0 fully saturated rings. The Labute approximate surface area is 168 Å². The zero-order chi connectivity index (χ0) is 20.3. The first-order chi connectivity index (χ1) is 13.4. The van der Waals surface area contributed by atoms with E-state index in [1.807, 2.05) is 0 Å². The smallest absolute Gasteiger partial charge is 0.269 e. The molecular formula is C18H16N4O4S2. The van der Waals surface area contributed by atoms with E-state index in [4.69, 9.17) is 0 Å². The number of nitrogens with zero attached hydrogens (tertiary/aromatic N) is 4. The third kappa shape index (κ3) is 3.97. The molecule has 10 heteroatoms. The molecule has 0 unspecified atom stereocenters. The number of anilines is 1. The third-order valence-electron chi connectivity index (χ3n) is 4.01. The van der Waals surface area contributed by atoms with Crippen LogP contribution >= 0.6 is 23.1 Å². The summed E-state index contributed by atoms with van der Waals surface area (Å²) in [6.07, 6.45) is 1.61. The molecule has 8 nitrogen and oxygen atoms in total. The maximum atomic E-state index is 12.6. The number of carbonyl (C=O) groups excluding carboxylic acids is 1.